The van der Waals surface area contributed by atoms with Crippen LogP contribution in [-0.2, 0) is 11.2 Å². The number of benzene rings is 1. The molecule has 1 aliphatic rings. The van der Waals surface area contributed by atoms with E-state index in [4.69, 9.17) is 16.3 Å². The van der Waals surface area contributed by atoms with Crippen molar-refractivity contribution in [2.45, 2.75) is 44.3 Å². The molecule has 0 saturated carbocycles. The van der Waals surface area contributed by atoms with Gasteiger partial charge in [-0.1, -0.05) is 23.7 Å². The number of halogens is 2. The Morgan fingerprint density at radius 1 is 1.44 bits per heavy atom. The van der Waals surface area contributed by atoms with Crippen LogP contribution in [0.4, 0.5) is 4.39 Å². The van der Waals surface area contributed by atoms with E-state index in [0.29, 0.717) is 31.4 Å². The van der Waals surface area contributed by atoms with Gasteiger partial charge in [-0.15, -0.1) is 0 Å². The smallest absolute Gasteiger partial charge is 0.142 e. The van der Waals surface area contributed by atoms with Gasteiger partial charge in [0.15, 0.2) is 0 Å². The lowest BCUT2D eigenvalue weighted by Crippen LogP contribution is -2.47. The van der Waals surface area contributed by atoms with Crippen LogP contribution in [0.2, 0.25) is 5.02 Å². The molecule has 0 amide bonds. The van der Waals surface area contributed by atoms with Crippen LogP contribution in [0.5, 0.6) is 0 Å². The van der Waals surface area contributed by atoms with Crippen LogP contribution >= 0.6 is 11.6 Å². The lowest BCUT2D eigenvalue weighted by molar-refractivity contribution is -0.143. The van der Waals surface area contributed by atoms with E-state index in [0.717, 1.165) is 0 Å². The summed E-state index contributed by atoms with van der Waals surface area (Å²) in [5.41, 5.74) is -0.580. The first-order valence-corrected chi connectivity index (χ1v) is 6.48. The van der Waals surface area contributed by atoms with E-state index in [1.54, 1.807) is 12.1 Å². The fourth-order valence-corrected chi connectivity index (χ4v) is 2.83. The SMILES string of the molecule is CC1(C)CC(O)(Cc2cccc(F)c2Cl)CCO1. The van der Waals surface area contributed by atoms with E-state index in [2.05, 4.69) is 0 Å². The zero-order valence-electron chi connectivity index (χ0n) is 10.7. The minimum absolute atomic E-state index is 0.107. The van der Waals surface area contributed by atoms with Gasteiger partial charge in [0, 0.05) is 12.8 Å². The van der Waals surface area contributed by atoms with Crippen molar-refractivity contribution in [3.63, 3.8) is 0 Å². The number of hydrogen-bond acceptors (Lipinski definition) is 2. The molecule has 2 rings (SSSR count). The molecule has 1 unspecified atom stereocenters. The Labute approximate surface area is 112 Å². The molecule has 0 aliphatic carbocycles. The first-order chi connectivity index (χ1) is 8.31. The van der Waals surface area contributed by atoms with Gasteiger partial charge in [-0.3, -0.25) is 0 Å². The minimum Gasteiger partial charge on any atom is -0.389 e. The highest BCUT2D eigenvalue weighted by Crippen LogP contribution is 2.35. The van der Waals surface area contributed by atoms with E-state index in [9.17, 15) is 9.50 Å². The Kier molecular flexibility index (Phi) is 3.67. The zero-order valence-corrected chi connectivity index (χ0v) is 11.4. The van der Waals surface area contributed by atoms with Crippen LogP contribution in [0.25, 0.3) is 0 Å². The molecule has 1 aliphatic heterocycles. The van der Waals surface area contributed by atoms with Gasteiger partial charge < -0.3 is 9.84 Å². The number of aliphatic hydroxyl groups is 1. The average molecular weight is 273 g/mol. The predicted octanol–water partition coefficient (Wildman–Crippen LogP) is 3.34. The van der Waals surface area contributed by atoms with Crippen molar-refractivity contribution in [2.75, 3.05) is 6.61 Å². The largest absolute Gasteiger partial charge is 0.389 e. The highest BCUT2D eigenvalue weighted by molar-refractivity contribution is 6.31. The molecule has 1 atom stereocenters. The third-order valence-corrected chi connectivity index (χ3v) is 3.79. The lowest BCUT2D eigenvalue weighted by atomic mass is 9.80. The Morgan fingerprint density at radius 3 is 2.83 bits per heavy atom. The summed E-state index contributed by atoms with van der Waals surface area (Å²) in [6, 6.07) is 4.69. The Balaban J connectivity index is 2.20. The molecule has 1 saturated heterocycles. The molecule has 0 bridgehead atoms. The first-order valence-electron chi connectivity index (χ1n) is 6.11. The van der Waals surface area contributed by atoms with Gasteiger partial charge in [0.05, 0.1) is 22.8 Å². The van der Waals surface area contributed by atoms with Gasteiger partial charge in [0.1, 0.15) is 5.82 Å². The average Bonchev–Trinajstić information content (AvgIpc) is 2.22. The Bertz CT molecular complexity index is 447. The third-order valence-electron chi connectivity index (χ3n) is 3.37. The summed E-state index contributed by atoms with van der Waals surface area (Å²) in [7, 11) is 0. The molecule has 100 valence electrons. The third kappa shape index (κ3) is 3.02. The highest BCUT2D eigenvalue weighted by atomic mass is 35.5. The van der Waals surface area contributed by atoms with Crippen LogP contribution in [0.3, 0.4) is 0 Å². The molecule has 1 aromatic rings. The van der Waals surface area contributed by atoms with Gasteiger partial charge in [-0.25, -0.2) is 4.39 Å². The fraction of sp³-hybridized carbons (Fsp3) is 0.571. The van der Waals surface area contributed by atoms with Crippen molar-refractivity contribution in [1.29, 1.82) is 0 Å². The van der Waals surface area contributed by atoms with Gasteiger partial charge in [0.2, 0.25) is 0 Å². The van der Waals surface area contributed by atoms with Crippen molar-refractivity contribution < 1.29 is 14.2 Å². The predicted molar refractivity (Wildman–Crippen MR) is 69.3 cm³/mol. The summed E-state index contributed by atoms with van der Waals surface area (Å²) >= 11 is 5.93. The minimum atomic E-state index is -0.876. The maximum Gasteiger partial charge on any atom is 0.142 e. The fourth-order valence-electron chi connectivity index (χ4n) is 2.64. The molecule has 0 radical (unpaired) electrons. The van der Waals surface area contributed by atoms with Crippen molar-refractivity contribution in [3.8, 4) is 0 Å². The summed E-state index contributed by atoms with van der Waals surface area (Å²) in [6.45, 7) is 4.41. The monoisotopic (exact) mass is 272 g/mol. The summed E-state index contributed by atoms with van der Waals surface area (Å²) in [5, 5.41) is 10.7. The van der Waals surface area contributed by atoms with Crippen LogP contribution in [0.15, 0.2) is 18.2 Å². The highest BCUT2D eigenvalue weighted by Gasteiger charge is 2.39. The standard InChI is InChI=1S/C14H18ClFO2/c1-13(2)9-14(17,6-7-18-13)8-10-4-3-5-11(16)12(10)15/h3-5,17H,6-9H2,1-2H3. The molecule has 1 fully saturated rings. The van der Waals surface area contributed by atoms with E-state index in [1.165, 1.54) is 6.07 Å². The maximum absolute atomic E-state index is 13.4. The van der Waals surface area contributed by atoms with Crippen molar-refractivity contribution in [1.82, 2.24) is 0 Å². The van der Waals surface area contributed by atoms with E-state index < -0.39 is 11.4 Å². The van der Waals surface area contributed by atoms with E-state index in [1.807, 2.05) is 13.8 Å². The van der Waals surface area contributed by atoms with Gasteiger partial charge in [-0.05, 0) is 31.9 Å². The van der Waals surface area contributed by atoms with E-state index >= 15 is 0 Å². The van der Waals surface area contributed by atoms with Crippen LogP contribution in [0, 0.1) is 5.82 Å². The second-order valence-corrected chi connectivity index (χ2v) is 6.03. The van der Waals surface area contributed by atoms with Gasteiger partial charge in [-0.2, -0.15) is 0 Å². The second-order valence-electron chi connectivity index (χ2n) is 5.65. The maximum atomic E-state index is 13.4. The molecule has 4 heteroatoms. The summed E-state index contributed by atoms with van der Waals surface area (Å²) in [4.78, 5) is 0. The number of ether oxygens (including phenoxy) is 1. The Hall–Kier alpha value is -0.640. The summed E-state index contributed by atoms with van der Waals surface area (Å²) in [6.07, 6.45) is 1.42. The topological polar surface area (TPSA) is 29.5 Å². The second kappa shape index (κ2) is 4.80. The normalized spacial score (nSPS) is 27.2. The molecule has 0 aromatic heterocycles. The van der Waals surface area contributed by atoms with Crippen molar-refractivity contribution in [3.05, 3.63) is 34.6 Å². The van der Waals surface area contributed by atoms with Crippen LogP contribution in [0.1, 0.15) is 32.3 Å². The quantitative estimate of drug-likeness (QED) is 0.895. The molecule has 2 nitrogen and oxygen atoms in total. The molecule has 18 heavy (non-hydrogen) atoms. The molecule has 0 spiro atoms. The molecule has 1 aromatic carbocycles. The van der Waals surface area contributed by atoms with Crippen LogP contribution < -0.4 is 0 Å². The van der Waals surface area contributed by atoms with Crippen molar-refractivity contribution in [2.24, 2.45) is 0 Å². The first kappa shape index (κ1) is 13.8. The Morgan fingerprint density at radius 2 is 2.17 bits per heavy atom. The number of hydrogen-bond donors (Lipinski definition) is 1. The van der Waals surface area contributed by atoms with Gasteiger partial charge in [0.25, 0.3) is 0 Å². The molecule has 1 N–H and O–H groups in total. The molecular weight excluding hydrogens is 255 g/mol. The van der Waals surface area contributed by atoms with Crippen LogP contribution in [-0.4, -0.2) is 22.9 Å². The molecular formula is C14H18ClFO2. The zero-order chi connectivity index (χ0) is 13.4. The van der Waals surface area contributed by atoms with Gasteiger partial charge >= 0.3 is 0 Å². The van der Waals surface area contributed by atoms with E-state index in [-0.39, 0.29) is 10.6 Å². The summed E-state index contributed by atoms with van der Waals surface area (Å²) in [5.74, 6) is -0.441. The van der Waals surface area contributed by atoms with Crippen molar-refractivity contribution >= 4 is 11.6 Å². The number of rotatable bonds is 2. The lowest BCUT2D eigenvalue weighted by Gasteiger charge is -2.41. The summed E-state index contributed by atoms with van der Waals surface area (Å²) < 4.78 is 19.0. The molecule has 1 heterocycles.